The molecule has 10 heteroatoms. The highest BCUT2D eigenvalue weighted by Gasteiger charge is 2.19. The quantitative estimate of drug-likeness (QED) is 0.548. The summed E-state index contributed by atoms with van der Waals surface area (Å²) in [5.74, 6) is 0.752. The van der Waals surface area contributed by atoms with Crippen molar-refractivity contribution >= 4 is 39.3 Å². The van der Waals surface area contributed by atoms with Gasteiger partial charge in [0, 0.05) is 13.1 Å². The van der Waals surface area contributed by atoms with Gasteiger partial charge in [-0.2, -0.15) is 0 Å². The summed E-state index contributed by atoms with van der Waals surface area (Å²) in [4.78, 5) is 25.2. The van der Waals surface area contributed by atoms with Crippen molar-refractivity contribution in [3.63, 3.8) is 0 Å². The number of nitrogens with one attached hydrogen (secondary N) is 1. The normalized spacial score (nSPS) is 10.6. The number of rotatable bonds is 6. The monoisotopic (exact) mass is 495 g/mol. The molecule has 0 spiro atoms. The lowest BCUT2D eigenvalue weighted by Crippen LogP contribution is -2.22. The number of anilines is 1. The van der Waals surface area contributed by atoms with E-state index in [-0.39, 0.29) is 12.2 Å². The van der Waals surface area contributed by atoms with Gasteiger partial charge >= 0.3 is 6.09 Å². The molecule has 0 aliphatic carbocycles. The number of methoxy groups -OCH3 is 2. The van der Waals surface area contributed by atoms with Crippen LogP contribution >= 0.6 is 27.5 Å². The first kappa shape index (κ1) is 21.8. The van der Waals surface area contributed by atoms with Crippen LogP contribution in [0.25, 0.3) is 5.69 Å². The van der Waals surface area contributed by atoms with E-state index in [1.54, 1.807) is 17.8 Å². The number of hydrogen-bond acceptors (Lipinski definition) is 5. The number of ether oxygens (including phenoxy) is 3. The molecule has 1 amide bonds. The maximum absolute atomic E-state index is 12.8. The van der Waals surface area contributed by atoms with Crippen LogP contribution in [-0.2, 0) is 18.4 Å². The fourth-order valence-electron chi connectivity index (χ4n) is 2.86. The van der Waals surface area contributed by atoms with Crippen LogP contribution in [0, 0.1) is 0 Å². The van der Waals surface area contributed by atoms with Crippen LogP contribution < -0.4 is 20.3 Å². The Bertz CT molecular complexity index is 1130. The molecule has 2 aromatic carbocycles. The third-order valence-corrected chi connectivity index (χ3v) is 5.63. The van der Waals surface area contributed by atoms with Crippen molar-refractivity contribution in [1.29, 1.82) is 0 Å². The standard InChI is InChI=1S/C20H19BrClN3O5/c1-24-18(21)13(19(26)25(24)12-7-5-4-6-8-12)11-30-20(27)23-15-9-14(22)16(28-2)10-17(15)29-3/h4-10H,11H2,1-3H3,(H,23,27). The van der Waals surface area contributed by atoms with Gasteiger partial charge in [-0.05, 0) is 34.1 Å². The Hall–Kier alpha value is -2.91. The van der Waals surface area contributed by atoms with Crippen LogP contribution in [0.15, 0.2) is 51.9 Å². The number of nitrogens with zero attached hydrogens (tertiary/aromatic N) is 2. The Balaban J connectivity index is 1.78. The molecule has 3 aromatic rings. The molecule has 158 valence electrons. The molecule has 8 nitrogen and oxygen atoms in total. The lowest BCUT2D eigenvalue weighted by Gasteiger charge is -2.13. The van der Waals surface area contributed by atoms with E-state index >= 15 is 0 Å². The molecule has 0 aliphatic rings. The van der Waals surface area contributed by atoms with Crippen molar-refractivity contribution in [2.45, 2.75) is 6.61 Å². The van der Waals surface area contributed by atoms with E-state index in [0.29, 0.717) is 38.1 Å². The van der Waals surface area contributed by atoms with Crippen molar-refractivity contribution < 1.29 is 19.0 Å². The fourth-order valence-corrected chi connectivity index (χ4v) is 3.54. The van der Waals surface area contributed by atoms with E-state index in [2.05, 4.69) is 21.2 Å². The van der Waals surface area contributed by atoms with Crippen LogP contribution in [0.4, 0.5) is 10.5 Å². The molecular weight excluding hydrogens is 478 g/mol. The van der Waals surface area contributed by atoms with Crippen LogP contribution in [-0.4, -0.2) is 29.7 Å². The molecule has 0 atom stereocenters. The number of halogens is 2. The molecule has 0 bridgehead atoms. The van der Waals surface area contributed by atoms with Crippen LogP contribution in [0.3, 0.4) is 0 Å². The van der Waals surface area contributed by atoms with Gasteiger partial charge in [0.05, 0.1) is 36.2 Å². The number of amides is 1. The molecule has 1 heterocycles. The SMILES string of the molecule is COc1cc(OC)c(NC(=O)OCc2c(Br)n(C)n(-c3ccccc3)c2=O)cc1Cl. The lowest BCUT2D eigenvalue weighted by molar-refractivity contribution is 0.154. The Kier molecular flexibility index (Phi) is 6.73. The van der Waals surface area contributed by atoms with Crippen LogP contribution in [0.5, 0.6) is 11.5 Å². The molecule has 1 aromatic heterocycles. The van der Waals surface area contributed by atoms with Gasteiger partial charge in [-0.25, -0.2) is 9.48 Å². The molecule has 1 N–H and O–H groups in total. The van der Waals surface area contributed by atoms with E-state index in [0.717, 1.165) is 0 Å². The summed E-state index contributed by atoms with van der Waals surface area (Å²) in [6.45, 7) is -0.231. The molecule has 0 unspecified atom stereocenters. The van der Waals surface area contributed by atoms with E-state index < -0.39 is 6.09 Å². The minimum absolute atomic E-state index is 0.231. The highest BCUT2D eigenvalue weighted by Crippen LogP contribution is 2.36. The Morgan fingerprint density at radius 3 is 2.43 bits per heavy atom. The maximum atomic E-state index is 12.8. The van der Waals surface area contributed by atoms with Gasteiger partial charge in [0.15, 0.2) is 0 Å². The van der Waals surface area contributed by atoms with Gasteiger partial charge < -0.3 is 14.2 Å². The summed E-state index contributed by atoms with van der Waals surface area (Å²) in [6, 6.07) is 12.2. The largest absolute Gasteiger partial charge is 0.495 e. The van der Waals surface area contributed by atoms with E-state index in [1.165, 1.54) is 25.0 Å². The Morgan fingerprint density at radius 1 is 1.13 bits per heavy atom. The average molecular weight is 497 g/mol. The number of carbonyl (C=O) groups excluding carboxylic acids is 1. The third-order valence-electron chi connectivity index (χ3n) is 4.34. The van der Waals surface area contributed by atoms with Crippen molar-refractivity contribution in [2.75, 3.05) is 19.5 Å². The summed E-state index contributed by atoms with van der Waals surface area (Å²) >= 11 is 9.50. The summed E-state index contributed by atoms with van der Waals surface area (Å²) in [6.07, 6.45) is -0.768. The van der Waals surface area contributed by atoms with E-state index in [4.69, 9.17) is 25.8 Å². The maximum Gasteiger partial charge on any atom is 0.412 e. The predicted octanol–water partition coefficient (Wildman–Crippen LogP) is 4.36. The number of aromatic nitrogens is 2. The topological polar surface area (TPSA) is 83.7 Å². The summed E-state index contributed by atoms with van der Waals surface area (Å²) in [5.41, 5.74) is 1.01. The van der Waals surface area contributed by atoms with Crippen LogP contribution in [0.1, 0.15) is 5.56 Å². The first-order chi connectivity index (χ1) is 14.4. The zero-order chi connectivity index (χ0) is 21.8. The van der Waals surface area contributed by atoms with Crippen molar-refractivity contribution in [3.05, 3.63) is 68.0 Å². The first-order valence-corrected chi connectivity index (χ1v) is 9.91. The van der Waals surface area contributed by atoms with Gasteiger partial charge in [0.1, 0.15) is 22.7 Å². The number of para-hydroxylation sites is 1. The molecule has 0 saturated carbocycles. The smallest absolute Gasteiger partial charge is 0.412 e. The van der Waals surface area contributed by atoms with Gasteiger partial charge in [-0.3, -0.25) is 14.8 Å². The average Bonchev–Trinajstić information content (AvgIpc) is 2.95. The minimum Gasteiger partial charge on any atom is -0.495 e. The fraction of sp³-hybridized carbons (Fsp3) is 0.200. The van der Waals surface area contributed by atoms with Gasteiger partial charge in [-0.1, -0.05) is 29.8 Å². The van der Waals surface area contributed by atoms with E-state index in [9.17, 15) is 9.59 Å². The van der Waals surface area contributed by atoms with Gasteiger partial charge in [-0.15, -0.1) is 0 Å². The molecule has 0 fully saturated rings. The molecule has 0 aliphatic heterocycles. The molecule has 0 radical (unpaired) electrons. The lowest BCUT2D eigenvalue weighted by atomic mass is 10.2. The molecule has 3 rings (SSSR count). The third kappa shape index (κ3) is 4.31. The van der Waals surface area contributed by atoms with Gasteiger partial charge in [0.25, 0.3) is 5.56 Å². The van der Waals surface area contributed by atoms with Crippen molar-refractivity contribution in [2.24, 2.45) is 7.05 Å². The second-order valence-electron chi connectivity index (χ2n) is 6.13. The summed E-state index contributed by atoms with van der Waals surface area (Å²) < 4.78 is 19.3. The second-order valence-corrected chi connectivity index (χ2v) is 7.29. The van der Waals surface area contributed by atoms with E-state index in [1.807, 2.05) is 30.3 Å². The zero-order valence-electron chi connectivity index (χ0n) is 16.4. The number of carbonyl (C=O) groups is 1. The highest BCUT2D eigenvalue weighted by molar-refractivity contribution is 9.10. The minimum atomic E-state index is -0.768. The first-order valence-electron chi connectivity index (χ1n) is 8.74. The Labute approximate surface area is 186 Å². The number of benzene rings is 2. The number of hydrogen-bond donors (Lipinski definition) is 1. The van der Waals surface area contributed by atoms with Crippen molar-refractivity contribution in [1.82, 2.24) is 9.36 Å². The highest BCUT2D eigenvalue weighted by atomic mass is 79.9. The molecule has 0 saturated heterocycles. The van der Waals surface area contributed by atoms with Gasteiger partial charge in [0.2, 0.25) is 0 Å². The summed E-state index contributed by atoms with van der Waals surface area (Å²) in [5, 5.41) is 2.86. The second kappa shape index (κ2) is 9.27. The van der Waals surface area contributed by atoms with Crippen molar-refractivity contribution in [3.8, 4) is 17.2 Å². The van der Waals surface area contributed by atoms with Crippen LogP contribution in [0.2, 0.25) is 5.02 Å². The predicted molar refractivity (Wildman–Crippen MR) is 117 cm³/mol. The zero-order valence-corrected chi connectivity index (χ0v) is 18.8. The summed E-state index contributed by atoms with van der Waals surface area (Å²) in [7, 11) is 4.65. The Morgan fingerprint density at radius 2 is 1.80 bits per heavy atom. The molecular formula is C20H19BrClN3O5. The molecule has 30 heavy (non-hydrogen) atoms.